The third kappa shape index (κ3) is 2.78. The predicted octanol–water partition coefficient (Wildman–Crippen LogP) is 2.79. The maximum absolute atomic E-state index is 5.86. The summed E-state index contributed by atoms with van der Waals surface area (Å²) in [7, 11) is 0. The first-order valence-corrected chi connectivity index (χ1v) is 7.19. The summed E-state index contributed by atoms with van der Waals surface area (Å²) < 4.78 is 0.340. The summed E-state index contributed by atoms with van der Waals surface area (Å²) in [4.78, 5) is 2.51. The molecule has 3 heteroatoms. The number of aryl methyl sites for hydroxylation is 1. The average Bonchev–Trinajstić information content (AvgIpc) is 2.27. The predicted molar refractivity (Wildman–Crippen MR) is 77.8 cm³/mol. The Balaban J connectivity index is 2.33. The Kier molecular flexibility index (Phi) is 3.69. The van der Waals surface area contributed by atoms with E-state index in [2.05, 4.69) is 55.6 Å². The molecule has 2 nitrogen and oxygen atoms in total. The van der Waals surface area contributed by atoms with Crippen LogP contribution in [0.2, 0.25) is 0 Å². The molecule has 1 heterocycles. The Morgan fingerprint density at radius 2 is 2.18 bits per heavy atom. The highest BCUT2D eigenvalue weighted by molar-refractivity contribution is 8.00. The second-order valence-corrected chi connectivity index (χ2v) is 7.12. The minimum absolute atomic E-state index is 0.340. The lowest BCUT2D eigenvalue weighted by Gasteiger charge is -2.40. The molecular weight excluding hydrogens is 228 g/mol. The molecule has 0 radical (unpaired) electrons. The number of hydrogen-bond donors (Lipinski definition) is 1. The van der Waals surface area contributed by atoms with E-state index in [9.17, 15) is 0 Å². The van der Waals surface area contributed by atoms with Gasteiger partial charge in [-0.15, -0.1) is 0 Å². The van der Waals surface area contributed by atoms with E-state index in [1.165, 1.54) is 22.6 Å². The Morgan fingerprint density at radius 3 is 2.82 bits per heavy atom. The van der Waals surface area contributed by atoms with Crippen molar-refractivity contribution < 1.29 is 0 Å². The molecule has 1 saturated heterocycles. The maximum Gasteiger partial charge on any atom is 0.0442 e. The lowest BCUT2D eigenvalue weighted by atomic mass is 10.0. The molecule has 1 aromatic rings. The van der Waals surface area contributed by atoms with Crippen molar-refractivity contribution >= 4 is 17.4 Å². The molecule has 0 atom stereocenters. The summed E-state index contributed by atoms with van der Waals surface area (Å²) in [6.07, 6.45) is 0. The van der Waals surface area contributed by atoms with Gasteiger partial charge >= 0.3 is 0 Å². The van der Waals surface area contributed by atoms with Crippen LogP contribution in [0.3, 0.4) is 0 Å². The van der Waals surface area contributed by atoms with Gasteiger partial charge in [-0.3, -0.25) is 0 Å². The molecule has 1 aliphatic heterocycles. The van der Waals surface area contributed by atoms with Gasteiger partial charge in [-0.2, -0.15) is 11.8 Å². The standard InChI is InChI=1S/C14H22N2S/c1-11-5-4-6-12(9-15)13(11)16-7-8-17-14(2,3)10-16/h4-6H,7-10,15H2,1-3H3. The third-order valence-corrected chi connectivity index (χ3v) is 4.58. The van der Waals surface area contributed by atoms with Crippen LogP contribution in [-0.2, 0) is 6.54 Å². The zero-order chi connectivity index (χ0) is 12.5. The number of thioether (sulfide) groups is 1. The van der Waals surface area contributed by atoms with Crippen LogP contribution < -0.4 is 10.6 Å². The van der Waals surface area contributed by atoms with Crippen molar-refractivity contribution in [3.63, 3.8) is 0 Å². The van der Waals surface area contributed by atoms with Crippen LogP contribution in [0.15, 0.2) is 18.2 Å². The van der Waals surface area contributed by atoms with Crippen LogP contribution in [0.5, 0.6) is 0 Å². The van der Waals surface area contributed by atoms with Gasteiger partial charge in [-0.25, -0.2) is 0 Å². The van der Waals surface area contributed by atoms with E-state index in [-0.39, 0.29) is 0 Å². The van der Waals surface area contributed by atoms with Crippen LogP contribution in [0.4, 0.5) is 5.69 Å². The number of nitrogens with zero attached hydrogens (tertiary/aromatic N) is 1. The van der Waals surface area contributed by atoms with E-state index in [1.807, 2.05) is 0 Å². The van der Waals surface area contributed by atoms with Gasteiger partial charge in [0.25, 0.3) is 0 Å². The number of anilines is 1. The largest absolute Gasteiger partial charge is 0.369 e. The van der Waals surface area contributed by atoms with E-state index < -0.39 is 0 Å². The fourth-order valence-corrected chi connectivity index (χ4v) is 3.66. The van der Waals surface area contributed by atoms with Crippen LogP contribution in [0.1, 0.15) is 25.0 Å². The molecule has 1 fully saturated rings. The number of hydrogen-bond acceptors (Lipinski definition) is 3. The van der Waals surface area contributed by atoms with Crippen LogP contribution in [-0.4, -0.2) is 23.6 Å². The molecule has 2 rings (SSSR count). The Hall–Kier alpha value is -0.670. The van der Waals surface area contributed by atoms with Gasteiger partial charge in [0.1, 0.15) is 0 Å². The molecule has 2 N–H and O–H groups in total. The van der Waals surface area contributed by atoms with Crippen LogP contribution >= 0.6 is 11.8 Å². The zero-order valence-corrected chi connectivity index (χ0v) is 11.8. The molecule has 1 aliphatic rings. The minimum atomic E-state index is 0.340. The molecule has 0 spiro atoms. The quantitative estimate of drug-likeness (QED) is 0.875. The van der Waals surface area contributed by atoms with E-state index in [0.717, 1.165) is 13.1 Å². The molecule has 94 valence electrons. The Bertz CT molecular complexity index is 401. The van der Waals surface area contributed by atoms with Crippen molar-refractivity contribution in [1.29, 1.82) is 0 Å². The first kappa shape index (κ1) is 12.8. The fraction of sp³-hybridized carbons (Fsp3) is 0.571. The van der Waals surface area contributed by atoms with Crippen molar-refractivity contribution in [1.82, 2.24) is 0 Å². The molecule has 0 aromatic heterocycles. The maximum atomic E-state index is 5.86. The van der Waals surface area contributed by atoms with Crippen molar-refractivity contribution in [3.05, 3.63) is 29.3 Å². The highest BCUT2D eigenvalue weighted by Gasteiger charge is 2.28. The van der Waals surface area contributed by atoms with Crippen molar-refractivity contribution in [2.45, 2.75) is 32.1 Å². The Morgan fingerprint density at radius 1 is 1.41 bits per heavy atom. The highest BCUT2D eigenvalue weighted by atomic mass is 32.2. The second-order valence-electron chi connectivity index (χ2n) is 5.32. The summed E-state index contributed by atoms with van der Waals surface area (Å²) in [6.45, 7) is 9.69. The number of nitrogens with two attached hydrogens (primary N) is 1. The third-order valence-electron chi connectivity index (χ3n) is 3.28. The van der Waals surface area contributed by atoms with E-state index in [0.29, 0.717) is 11.3 Å². The first-order valence-electron chi connectivity index (χ1n) is 6.21. The molecule has 0 saturated carbocycles. The molecule has 0 amide bonds. The first-order chi connectivity index (χ1) is 8.03. The number of rotatable bonds is 2. The van der Waals surface area contributed by atoms with Gasteiger partial charge in [0.15, 0.2) is 0 Å². The van der Waals surface area contributed by atoms with Gasteiger partial charge in [0, 0.05) is 35.8 Å². The Labute approximate surface area is 109 Å². The molecule has 1 aromatic carbocycles. The summed E-state index contributed by atoms with van der Waals surface area (Å²) in [5.74, 6) is 1.20. The fourth-order valence-electron chi connectivity index (χ4n) is 2.54. The average molecular weight is 250 g/mol. The SMILES string of the molecule is Cc1cccc(CN)c1N1CCSC(C)(C)C1. The van der Waals surface area contributed by atoms with Crippen LogP contribution in [0, 0.1) is 6.92 Å². The van der Waals surface area contributed by atoms with Crippen LogP contribution in [0.25, 0.3) is 0 Å². The van der Waals surface area contributed by atoms with Crippen molar-refractivity contribution in [2.24, 2.45) is 5.73 Å². The molecule has 0 bridgehead atoms. The number of benzene rings is 1. The lowest BCUT2D eigenvalue weighted by molar-refractivity contribution is 0.644. The minimum Gasteiger partial charge on any atom is -0.369 e. The normalized spacial score (nSPS) is 19.4. The molecule has 0 unspecified atom stereocenters. The second kappa shape index (κ2) is 4.91. The smallest absolute Gasteiger partial charge is 0.0442 e. The van der Waals surface area contributed by atoms with Crippen molar-refractivity contribution in [2.75, 3.05) is 23.7 Å². The van der Waals surface area contributed by atoms with Gasteiger partial charge < -0.3 is 10.6 Å². The molecule has 17 heavy (non-hydrogen) atoms. The van der Waals surface area contributed by atoms with Gasteiger partial charge in [-0.05, 0) is 31.9 Å². The topological polar surface area (TPSA) is 29.3 Å². The summed E-state index contributed by atoms with van der Waals surface area (Å²) in [6, 6.07) is 6.44. The number of para-hydroxylation sites is 1. The summed E-state index contributed by atoms with van der Waals surface area (Å²) >= 11 is 2.07. The van der Waals surface area contributed by atoms with E-state index >= 15 is 0 Å². The lowest BCUT2D eigenvalue weighted by Crippen LogP contribution is -2.43. The van der Waals surface area contributed by atoms with E-state index in [4.69, 9.17) is 5.73 Å². The monoisotopic (exact) mass is 250 g/mol. The summed E-state index contributed by atoms with van der Waals surface area (Å²) in [5, 5.41) is 0. The van der Waals surface area contributed by atoms with Crippen molar-refractivity contribution in [3.8, 4) is 0 Å². The van der Waals surface area contributed by atoms with Gasteiger partial charge in [0.05, 0.1) is 0 Å². The molecular formula is C14H22N2S. The zero-order valence-electron chi connectivity index (χ0n) is 11.0. The highest BCUT2D eigenvalue weighted by Crippen LogP contribution is 2.34. The summed E-state index contributed by atoms with van der Waals surface area (Å²) in [5.41, 5.74) is 9.84. The molecule has 0 aliphatic carbocycles. The van der Waals surface area contributed by atoms with Gasteiger partial charge in [0.2, 0.25) is 0 Å². The van der Waals surface area contributed by atoms with E-state index in [1.54, 1.807) is 0 Å². The van der Waals surface area contributed by atoms with Gasteiger partial charge in [-0.1, -0.05) is 18.2 Å².